The Morgan fingerprint density at radius 2 is 2.20 bits per heavy atom. The Labute approximate surface area is 92.2 Å². The molecule has 0 spiro atoms. The Kier molecular flexibility index (Phi) is 4.51. The first-order valence-electron chi connectivity index (χ1n) is 4.21. The van der Waals surface area contributed by atoms with Gasteiger partial charge in [0.1, 0.15) is 5.75 Å². The molecule has 0 bridgehead atoms. The van der Waals surface area contributed by atoms with E-state index < -0.39 is 0 Å². The van der Waals surface area contributed by atoms with E-state index in [0.29, 0.717) is 0 Å². The van der Waals surface area contributed by atoms with Gasteiger partial charge in [0.15, 0.2) is 6.19 Å². The summed E-state index contributed by atoms with van der Waals surface area (Å²) in [6.45, 7) is 0. The van der Waals surface area contributed by atoms with Crippen LogP contribution in [0.5, 0.6) is 5.75 Å². The summed E-state index contributed by atoms with van der Waals surface area (Å²) in [6, 6.07) is 7.38. The van der Waals surface area contributed by atoms with Crippen molar-refractivity contribution in [1.82, 2.24) is 5.32 Å². The molecule has 0 aliphatic heterocycles. The first-order chi connectivity index (χ1) is 7.26. The van der Waals surface area contributed by atoms with Crippen molar-refractivity contribution in [2.75, 3.05) is 12.9 Å². The summed E-state index contributed by atoms with van der Waals surface area (Å²) in [6.07, 6.45) is 1.59. The van der Waals surface area contributed by atoms with Gasteiger partial charge in [0, 0.05) is 4.90 Å². The van der Waals surface area contributed by atoms with Gasteiger partial charge >= 0.3 is 0 Å². The van der Waals surface area contributed by atoms with Crippen LogP contribution in [0.1, 0.15) is 0 Å². The number of benzene rings is 1. The van der Waals surface area contributed by atoms with E-state index in [4.69, 9.17) is 10.00 Å². The molecular weight excluding hydrogens is 212 g/mol. The quantitative estimate of drug-likeness (QED) is 0.475. The van der Waals surface area contributed by atoms with Crippen LogP contribution in [-0.2, 0) is 4.79 Å². The molecule has 0 unspecified atom stereocenters. The summed E-state index contributed by atoms with van der Waals surface area (Å²) >= 11 is 1.37. The third-order valence-corrected chi connectivity index (χ3v) is 2.64. The average molecular weight is 222 g/mol. The Hall–Kier alpha value is -1.67. The number of nitrogens with zero attached hydrogens (tertiary/aromatic N) is 1. The van der Waals surface area contributed by atoms with Crippen molar-refractivity contribution < 1.29 is 9.53 Å². The van der Waals surface area contributed by atoms with Crippen LogP contribution in [0.15, 0.2) is 29.2 Å². The second-order valence-electron chi connectivity index (χ2n) is 2.62. The second-order valence-corrected chi connectivity index (χ2v) is 3.67. The molecule has 1 N–H and O–H groups in total. The number of rotatable bonds is 4. The molecule has 78 valence electrons. The van der Waals surface area contributed by atoms with Crippen molar-refractivity contribution in [3.63, 3.8) is 0 Å². The van der Waals surface area contributed by atoms with Gasteiger partial charge in [-0.15, -0.1) is 11.8 Å². The molecule has 0 saturated heterocycles. The van der Waals surface area contributed by atoms with Crippen LogP contribution in [0.4, 0.5) is 0 Å². The van der Waals surface area contributed by atoms with Gasteiger partial charge in [0.25, 0.3) is 0 Å². The molecule has 1 rings (SSSR count). The van der Waals surface area contributed by atoms with Crippen LogP contribution < -0.4 is 10.1 Å². The molecule has 0 aliphatic carbocycles. The van der Waals surface area contributed by atoms with E-state index in [9.17, 15) is 4.79 Å². The van der Waals surface area contributed by atoms with Crippen molar-refractivity contribution in [3.8, 4) is 11.9 Å². The molecule has 15 heavy (non-hydrogen) atoms. The minimum Gasteiger partial charge on any atom is -0.497 e. The zero-order chi connectivity index (χ0) is 11.1. The Balaban J connectivity index is 2.45. The number of carbonyl (C=O) groups excluding carboxylic acids is 1. The summed E-state index contributed by atoms with van der Waals surface area (Å²) in [7, 11) is 1.60. The predicted octanol–water partition coefficient (Wildman–Crippen LogP) is 1.38. The molecule has 0 atom stereocenters. The normalized spacial score (nSPS) is 9.07. The molecule has 1 aromatic carbocycles. The van der Waals surface area contributed by atoms with Gasteiger partial charge in [-0.05, 0) is 24.3 Å². The van der Waals surface area contributed by atoms with Crippen molar-refractivity contribution in [2.45, 2.75) is 4.90 Å². The molecule has 0 fully saturated rings. The number of ether oxygens (including phenoxy) is 1. The molecule has 1 amide bonds. The van der Waals surface area contributed by atoms with E-state index in [1.807, 2.05) is 24.3 Å². The fourth-order valence-electron chi connectivity index (χ4n) is 0.919. The maximum absolute atomic E-state index is 11.0. The monoisotopic (exact) mass is 222 g/mol. The summed E-state index contributed by atoms with van der Waals surface area (Å²) in [5.41, 5.74) is 0. The maximum atomic E-state index is 11.0. The number of hydrogen-bond acceptors (Lipinski definition) is 4. The van der Waals surface area contributed by atoms with E-state index in [-0.39, 0.29) is 11.7 Å². The molecule has 4 nitrogen and oxygen atoms in total. The summed E-state index contributed by atoms with van der Waals surface area (Å²) in [5.74, 6) is 0.721. The Morgan fingerprint density at radius 1 is 1.53 bits per heavy atom. The summed E-state index contributed by atoms with van der Waals surface area (Å²) in [5, 5.41) is 10.3. The fourth-order valence-corrected chi connectivity index (χ4v) is 1.62. The lowest BCUT2D eigenvalue weighted by atomic mass is 10.3. The van der Waals surface area contributed by atoms with Gasteiger partial charge in [-0.1, -0.05) is 0 Å². The van der Waals surface area contributed by atoms with E-state index in [1.54, 1.807) is 13.3 Å². The van der Waals surface area contributed by atoms with Crippen molar-refractivity contribution in [2.24, 2.45) is 0 Å². The zero-order valence-corrected chi connectivity index (χ0v) is 9.00. The van der Waals surface area contributed by atoms with Crippen LogP contribution in [0.25, 0.3) is 0 Å². The number of nitriles is 1. The number of methoxy groups -OCH3 is 1. The highest BCUT2D eigenvalue weighted by Crippen LogP contribution is 2.20. The van der Waals surface area contributed by atoms with Crippen LogP contribution in [0.3, 0.4) is 0 Å². The van der Waals surface area contributed by atoms with Crippen LogP contribution in [-0.4, -0.2) is 18.8 Å². The Morgan fingerprint density at radius 3 is 2.73 bits per heavy atom. The third kappa shape index (κ3) is 3.92. The third-order valence-electron chi connectivity index (χ3n) is 1.62. The van der Waals surface area contributed by atoms with Gasteiger partial charge in [-0.3, -0.25) is 10.1 Å². The first-order valence-corrected chi connectivity index (χ1v) is 5.19. The summed E-state index contributed by atoms with van der Waals surface area (Å²) in [4.78, 5) is 11.9. The lowest BCUT2D eigenvalue weighted by Gasteiger charge is -2.02. The topological polar surface area (TPSA) is 62.1 Å². The lowest BCUT2D eigenvalue weighted by Crippen LogP contribution is -2.19. The highest BCUT2D eigenvalue weighted by atomic mass is 32.2. The molecule has 0 aromatic heterocycles. The minimum atomic E-state index is -0.293. The number of carbonyl (C=O) groups is 1. The smallest absolute Gasteiger partial charge is 0.243 e. The number of amides is 1. The predicted molar refractivity (Wildman–Crippen MR) is 57.5 cm³/mol. The number of hydrogen-bond donors (Lipinski definition) is 1. The van der Waals surface area contributed by atoms with Gasteiger partial charge < -0.3 is 4.74 Å². The highest BCUT2D eigenvalue weighted by Gasteiger charge is 2.01. The van der Waals surface area contributed by atoms with Crippen LogP contribution in [0.2, 0.25) is 0 Å². The minimum absolute atomic E-state index is 0.236. The molecule has 5 heteroatoms. The molecule has 1 aromatic rings. The molecule has 0 aliphatic rings. The highest BCUT2D eigenvalue weighted by molar-refractivity contribution is 8.00. The van der Waals surface area contributed by atoms with Gasteiger partial charge in [-0.25, -0.2) is 0 Å². The van der Waals surface area contributed by atoms with E-state index in [2.05, 4.69) is 5.32 Å². The first kappa shape index (κ1) is 11.4. The summed E-state index contributed by atoms with van der Waals surface area (Å²) < 4.78 is 5.00. The SMILES string of the molecule is COc1ccc(SCC(=O)NC#N)cc1. The molecule has 0 saturated carbocycles. The van der Waals surface area contributed by atoms with Crippen molar-refractivity contribution in [1.29, 1.82) is 5.26 Å². The number of thioether (sulfide) groups is 1. The van der Waals surface area contributed by atoms with Crippen molar-refractivity contribution in [3.05, 3.63) is 24.3 Å². The average Bonchev–Trinajstić information content (AvgIpc) is 2.27. The maximum Gasteiger partial charge on any atom is 0.243 e. The number of nitrogens with one attached hydrogen (secondary N) is 1. The largest absolute Gasteiger partial charge is 0.497 e. The molecule has 0 radical (unpaired) electrons. The van der Waals surface area contributed by atoms with Crippen LogP contribution in [0, 0.1) is 11.5 Å². The standard InChI is InChI=1S/C10H10N2O2S/c1-14-8-2-4-9(5-3-8)15-6-10(13)12-7-11/h2-5H,6H2,1H3,(H,12,13). The van der Waals surface area contributed by atoms with Crippen molar-refractivity contribution >= 4 is 17.7 Å². The lowest BCUT2D eigenvalue weighted by molar-refractivity contribution is -0.117. The zero-order valence-electron chi connectivity index (χ0n) is 8.19. The van der Waals surface area contributed by atoms with Gasteiger partial charge in [-0.2, -0.15) is 5.26 Å². The van der Waals surface area contributed by atoms with E-state index >= 15 is 0 Å². The Bertz CT molecular complexity index is 370. The van der Waals surface area contributed by atoms with Gasteiger partial charge in [0.2, 0.25) is 5.91 Å². The van der Waals surface area contributed by atoms with E-state index in [0.717, 1.165) is 10.6 Å². The molecule has 0 heterocycles. The van der Waals surface area contributed by atoms with E-state index in [1.165, 1.54) is 11.8 Å². The second kappa shape index (κ2) is 5.94. The van der Waals surface area contributed by atoms with Crippen LogP contribution >= 0.6 is 11.8 Å². The van der Waals surface area contributed by atoms with Gasteiger partial charge in [0.05, 0.1) is 12.9 Å². The fraction of sp³-hybridized carbons (Fsp3) is 0.200. The molecular formula is C10H10N2O2S.